The lowest BCUT2D eigenvalue weighted by Gasteiger charge is -2.09. The molecule has 0 aliphatic heterocycles. The molecule has 10 aromatic rings. The average molecular weight is 605 g/mol. The molecule has 0 spiro atoms. The Bertz CT molecular complexity index is 2810. The van der Waals surface area contributed by atoms with E-state index in [0.29, 0.717) is 0 Å². The Morgan fingerprint density at radius 3 is 1.76 bits per heavy atom. The maximum absolute atomic E-state index is 6.03. The lowest BCUT2D eigenvalue weighted by Crippen LogP contribution is -1.91. The van der Waals surface area contributed by atoms with Gasteiger partial charge in [0, 0.05) is 52.8 Å². The second kappa shape index (κ2) is 9.83. The number of hydrogen-bond donors (Lipinski definition) is 0. The highest BCUT2D eigenvalue weighted by Crippen LogP contribution is 2.37. The van der Waals surface area contributed by atoms with Crippen molar-refractivity contribution < 1.29 is 4.42 Å². The Hall–Kier alpha value is -5.84. The smallest absolute Gasteiger partial charge is 0.135 e. The quantitative estimate of drug-likeness (QED) is 0.188. The van der Waals surface area contributed by atoms with E-state index in [1.165, 1.54) is 20.2 Å². The number of hydrogen-bond acceptors (Lipinski definition) is 4. The van der Waals surface area contributed by atoms with Crippen LogP contribution in [0.4, 0.5) is 0 Å². The Labute approximate surface area is 268 Å². The number of pyridine rings is 2. The fourth-order valence-electron chi connectivity index (χ4n) is 6.71. The van der Waals surface area contributed by atoms with Gasteiger partial charge in [-0.25, -0.2) is 9.97 Å². The molecule has 0 fully saturated rings. The van der Waals surface area contributed by atoms with Crippen LogP contribution in [0, 0.1) is 0 Å². The molecule has 0 aliphatic carbocycles. The molecule has 0 bridgehead atoms. The summed E-state index contributed by atoms with van der Waals surface area (Å²) in [5.41, 5.74) is 10.1. The molecule has 0 unspecified atom stereocenters. The van der Waals surface area contributed by atoms with E-state index >= 15 is 0 Å². The molecule has 0 N–H and O–H groups in total. The number of nitrogens with zero attached hydrogens (tertiary/aromatic N) is 2. The van der Waals surface area contributed by atoms with E-state index in [-0.39, 0.29) is 0 Å². The third-order valence-electron chi connectivity index (χ3n) is 9.08. The number of furan rings is 1. The number of benzene rings is 6. The molecule has 6 aromatic carbocycles. The molecular formula is C42H24N2OS. The van der Waals surface area contributed by atoms with Crippen molar-refractivity contribution in [3.05, 3.63) is 146 Å². The van der Waals surface area contributed by atoms with Gasteiger partial charge in [-0.15, -0.1) is 11.3 Å². The number of aromatic nitrogens is 2. The average Bonchev–Trinajstić information content (AvgIpc) is 3.69. The van der Waals surface area contributed by atoms with Crippen molar-refractivity contribution in [3.63, 3.8) is 0 Å². The van der Waals surface area contributed by atoms with Gasteiger partial charge in [-0.2, -0.15) is 0 Å². The topological polar surface area (TPSA) is 38.9 Å². The Morgan fingerprint density at radius 2 is 0.957 bits per heavy atom. The maximum Gasteiger partial charge on any atom is 0.135 e. The first kappa shape index (κ1) is 25.5. The highest BCUT2D eigenvalue weighted by molar-refractivity contribution is 7.25. The van der Waals surface area contributed by atoms with Crippen LogP contribution in [-0.2, 0) is 0 Å². The first-order chi connectivity index (χ1) is 22.7. The number of rotatable bonds is 3. The first-order valence-corrected chi connectivity index (χ1v) is 16.2. The third kappa shape index (κ3) is 3.97. The van der Waals surface area contributed by atoms with Gasteiger partial charge in [0.25, 0.3) is 0 Å². The highest BCUT2D eigenvalue weighted by Gasteiger charge is 2.12. The number of thiophene rings is 1. The summed E-state index contributed by atoms with van der Waals surface area (Å²) in [7, 11) is 0. The highest BCUT2D eigenvalue weighted by atomic mass is 32.1. The molecule has 4 heterocycles. The zero-order valence-electron chi connectivity index (χ0n) is 24.6. The fraction of sp³-hybridized carbons (Fsp3) is 0. The predicted octanol–water partition coefficient (Wildman–Crippen LogP) is 12.1. The first-order valence-electron chi connectivity index (χ1n) is 15.4. The molecule has 0 atom stereocenters. The summed E-state index contributed by atoms with van der Waals surface area (Å²) >= 11 is 1.84. The Balaban J connectivity index is 1.04. The van der Waals surface area contributed by atoms with Crippen molar-refractivity contribution in [2.45, 2.75) is 0 Å². The molecule has 4 heteroatoms. The van der Waals surface area contributed by atoms with Gasteiger partial charge in [-0.1, -0.05) is 97.1 Å². The molecular weight excluding hydrogens is 581 g/mol. The molecule has 4 aromatic heterocycles. The van der Waals surface area contributed by atoms with Gasteiger partial charge in [0.15, 0.2) is 0 Å². The van der Waals surface area contributed by atoms with Crippen LogP contribution in [0.1, 0.15) is 0 Å². The summed E-state index contributed by atoms with van der Waals surface area (Å²) in [5.74, 6) is 0. The fourth-order valence-corrected chi connectivity index (χ4v) is 7.80. The Kier molecular flexibility index (Phi) is 5.45. The van der Waals surface area contributed by atoms with Gasteiger partial charge in [0.05, 0.1) is 22.4 Å². The molecule has 0 radical (unpaired) electrons. The van der Waals surface area contributed by atoms with Crippen LogP contribution in [0.15, 0.2) is 150 Å². The van der Waals surface area contributed by atoms with E-state index in [1.54, 1.807) is 0 Å². The maximum atomic E-state index is 6.03. The number of para-hydroxylation sites is 1. The molecule has 3 nitrogen and oxygen atoms in total. The third-order valence-corrected chi connectivity index (χ3v) is 10.2. The standard InChI is InChI=1S/C42H24N2OS/c1-3-7-37-31(5-1)33-23-29(17-21-38(33)45-37)25-9-11-26(12-10-25)35-19-15-27-13-14-28-16-20-36(44-42(28)41(27)43-35)30-18-22-40-34(24-30)32-6-2-4-8-39(32)46-40/h1-24H. The van der Waals surface area contributed by atoms with E-state index in [1.807, 2.05) is 23.5 Å². The molecule has 0 saturated heterocycles. The predicted molar refractivity (Wildman–Crippen MR) is 194 cm³/mol. The van der Waals surface area contributed by atoms with Crippen molar-refractivity contribution in [1.82, 2.24) is 9.97 Å². The summed E-state index contributed by atoms with van der Waals surface area (Å²) in [6, 6.07) is 51.4. The zero-order valence-corrected chi connectivity index (χ0v) is 25.4. The van der Waals surface area contributed by atoms with Crippen LogP contribution in [0.5, 0.6) is 0 Å². The van der Waals surface area contributed by atoms with Crippen LogP contribution in [0.2, 0.25) is 0 Å². The van der Waals surface area contributed by atoms with E-state index in [2.05, 4.69) is 133 Å². The van der Waals surface area contributed by atoms with Crippen molar-refractivity contribution >= 4 is 75.3 Å². The van der Waals surface area contributed by atoms with Gasteiger partial charge >= 0.3 is 0 Å². The van der Waals surface area contributed by atoms with Crippen molar-refractivity contribution in [2.24, 2.45) is 0 Å². The minimum absolute atomic E-state index is 0.909. The summed E-state index contributed by atoms with van der Waals surface area (Å²) in [4.78, 5) is 10.4. The molecule has 214 valence electrons. The van der Waals surface area contributed by atoms with Crippen LogP contribution in [0.3, 0.4) is 0 Å². The lowest BCUT2D eigenvalue weighted by molar-refractivity contribution is 0.669. The van der Waals surface area contributed by atoms with E-state index in [0.717, 1.165) is 77.4 Å². The van der Waals surface area contributed by atoms with Crippen molar-refractivity contribution in [3.8, 4) is 33.6 Å². The summed E-state index contributed by atoms with van der Waals surface area (Å²) in [6.45, 7) is 0. The SMILES string of the molecule is c1ccc2c(c1)oc1ccc(-c3ccc(-c4ccc5ccc6ccc(-c7ccc8sc9ccccc9c8c7)nc6c5n4)cc3)cc12. The van der Waals surface area contributed by atoms with E-state index < -0.39 is 0 Å². The normalized spacial score (nSPS) is 11.9. The van der Waals surface area contributed by atoms with E-state index in [4.69, 9.17) is 14.4 Å². The van der Waals surface area contributed by atoms with Gasteiger partial charge in [-0.3, -0.25) is 0 Å². The molecule has 46 heavy (non-hydrogen) atoms. The molecule has 0 amide bonds. The van der Waals surface area contributed by atoms with Crippen molar-refractivity contribution in [1.29, 1.82) is 0 Å². The monoisotopic (exact) mass is 604 g/mol. The van der Waals surface area contributed by atoms with Crippen LogP contribution in [-0.4, -0.2) is 9.97 Å². The van der Waals surface area contributed by atoms with Gasteiger partial charge in [0.2, 0.25) is 0 Å². The largest absolute Gasteiger partial charge is 0.456 e. The zero-order chi connectivity index (χ0) is 30.2. The van der Waals surface area contributed by atoms with Crippen molar-refractivity contribution in [2.75, 3.05) is 0 Å². The van der Waals surface area contributed by atoms with Gasteiger partial charge in [-0.05, 0) is 59.7 Å². The second-order valence-corrected chi connectivity index (χ2v) is 12.9. The summed E-state index contributed by atoms with van der Waals surface area (Å²) < 4.78 is 8.64. The van der Waals surface area contributed by atoms with Gasteiger partial charge in [0.1, 0.15) is 11.2 Å². The summed E-state index contributed by atoms with van der Waals surface area (Å²) in [5, 5.41) is 7.01. The molecule has 10 rings (SSSR count). The molecule has 0 aliphatic rings. The number of fused-ring (bicyclic) bond motifs is 9. The second-order valence-electron chi connectivity index (χ2n) is 11.8. The minimum atomic E-state index is 0.909. The minimum Gasteiger partial charge on any atom is -0.456 e. The molecule has 0 saturated carbocycles. The summed E-state index contributed by atoms with van der Waals surface area (Å²) in [6.07, 6.45) is 0. The van der Waals surface area contributed by atoms with Crippen LogP contribution >= 0.6 is 11.3 Å². The van der Waals surface area contributed by atoms with E-state index in [9.17, 15) is 0 Å². The van der Waals surface area contributed by atoms with Crippen LogP contribution in [0.25, 0.3) is 97.6 Å². The van der Waals surface area contributed by atoms with Crippen LogP contribution < -0.4 is 0 Å². The Morgan fingerprint density at radius 1 is 0.391 bits per heavy atom. The lowest BCUT2D eigenvalue weighted by atomic mass is 10.00. The van der Waals surface area contributed by atoms with Gasteiger partial charge < -0.3 is 4.42 Å².